The maximum Gasteiger partial charge on any atom is 0.243 e. The van der Waals surface area contributed by atoms with E-state index in [1.165, 1.54) is 23.4 Å². The predicted octanol–water partition coefficient (Wildman–Crippen LogP) is 2.62. The van der Waals surface area contributed by atoms with Gasteiger partial charge in [0.1, 0.15) is 11.6 Å². The highest BCUT2D eigenvalue weighted by atomic mass is 32.2. The fourth-order valence-electron chi connectivity index (χ4n) is 3.18. The highest BCUT2D eigenvalue weighted by Gasteiger charge is 2.29. The second-order valence-corrected chi connectivity index (χ2v) is 9.29. The second kappa shape index (κ2) is 7.97. The van der Waals surface area contributed by atoms with E-state index in [9.17, 15) is 13.2 Å². The van der Waals surface area contributed by atoms with Crippen molar-refractivity contribution in [1.29, 1.82) is 0 Å². The number of hydrogen-bond donors (Lipinski definition) is 0. The van der Waals surface area contributed by atoms with E-state index in [1.807, 2.05) is 13.0 Å². The standard InChI is InChI=1S/C20H26N4O3S/c1-14(2)20-21-15(3)12-19(22-20)23-8-10-24(11-9-23)28(26,27)18-7-5-6-17(13-18)16(4)25/h5-7,12-14H,8-11H2,1-4H3. The Hall–Kier alpha value is -2.32. The molecule has 0 spiro atoms. The molecule has 2 heterocycles. The van der Waals surface area contributed by atoms with E-state index < -0.39 is 10.0 Å². The Labute approximate surface area is 166 Å². The lowest BCUT2D eigenvalue weighted by Crippen LogP contribution is -2.49. The summed E-state index contributed by atoms with van der Waals surface area (Å²) in [5, 5.41) is 0. The van der Waals surface area contributed by atoms with E-state index in [0.29, 0.717) is 31.7 Å². The highest BCUT2D eigenvalue weighted by molar-refractivity contribution is 7.89. The fourth-order valence-corrected chi connectivity index (χ4v) is 4.65. The molecule has 0 amide bonds. The molecule has 1 aromatic carbocycles. The number of carbonyl (C=O) groups excluding carboxylic acids is 1. The molecule has 0 radical (unpaired) electrons. The van der Waals surface area contributed by atoms with Gasteiger partial charge in [-0.1, -0.05) is 26.0 Å². The smallest absolute Gasteiger partial charge is 0.243 e. The van der Waals surface area contributed by atoms with Gasteiger partial charge in [-0.3, -0.25) is 4.79 Å². The number of Topliss-reactive ketones (excluding diaryl/α,β-unsaturated/α-hetero) is 1. The van der Waals surface area contributed by atoms with Gasteiger partial charge in [0.15, 0.2) is 5.78 Å². The Morgan fingerprint density at radius 2 is 1.75 bits per heavy atom. The lowest BCUT2D eigenvalue weighted by atomic mass is 10.2. The van der Waals surface area contributed by atoms with Crippen molar-refractivity contribution in [3.63, 3.8) is 0 Å². The van der Waals surface area contributed by atoms with Gasteiger partial charge in [-0.25, -0.2) is 18.4 Å². The van der Waals surface area contributed by atoms with Crippen molar-refractivity contribution in [2.24, 2.45) is 0 Å². The lowest BCUT2D eigenvalue weighted by molar-refractivity contribution is 0.101. The van der Waals surface area contributed by atoms with Crippen LogP contribution in [-0.4, -0.2) is 54.7 Å². The molecule has 0 bridgehead atoms. The van der Waals surface area contributed by atoms with Crippen LogP contribution in [0.5, 0.6) is 0 Å². The number of aryl methyl sites for hydroxylation is 1. The lowest BCUT2D eigenvalue weighted by Gasteiger charge is -2.35. The summed E-state index contributed by atoms with van der Waals surface area (Å²) in [4.78, 5) is 22.9. The van der Waals surface area contributed by atoms with Gasteiger partial charge in [-0.15, -0.1) is 0 Å². The molecule has 7 nitrogen and oxygen atoms in total. The van der Waals surface area contributed by atoms with E-state index in [0.717, 1.165) is 17.3 Å². The molecule has 1 aliphatic rings. The molecule has 0 unspecified atom stereocenters. The average Bonchev–Trinajstić information content (AvgIpc) is 2.67. The summed E-state index contributed by atoms with van der Waals surface area (Å²) in [6.07, 6.45) is 0. The molecule has 0 atom stereocenters. The average molecular weight is 403 g/mol. The number of hydrogen-bond acceptors (Lipinski definition) is 6. The van der Waals surface area contributed by atoms with Crippen LogP contribution in [0.15, 0.2) is 35.2 Å². The van der Waals surface area contributed by atoms with Crippen LogP contribution in [0.1, 0.15) is 48.6 Å². The molecule has 0 saturated carbocycles. The summed E-state index contributed by atoms with van der Waals surface area (Å²) < 4.78 is 27.4. The maximum atomic E-state index is 13.0. The molecule has 8 heteroatoms. The number of aromatic nitrogens is 2. The minimum atomic E-state index is -3.63. The van der Waals surface area contributed by atoms with Crippen LogP contribution in [0.25, 0.3) is 0 Å². The summed E-state index contributed by atoms with van der Waals surface area (Å²) in [5.74, 6) is 1.72. The molecule has 1 fully saturated rings. The third-order valence-electron chi connectivity index (χ3n) is 4.82. The Kier molecular flexibility index (Phi) is 5.81. The fraction of sp³-hybridized carbons (Fsp3) is 0.450. The van der Waals surface area contributed by atoms with Crippen molar-refractivity contribution >= 4 is 21.6 Å². The molecule has 2 aromatic rings. The number of benzene rings is 1. The molecule has 0 aliphatic carbocycles. The minimum absolute atomic E-state index is 0.151. The van der Waals surface area contributed by atoms with Crippen LogP contribution in [0, 0.1) is 6.92 Å². The van der Waals surface area contributed by atoms with Crippen LogP contribution >= 0.6 is 0 Å². The topological polar surface area (TPSA) is 83.5 Å². The molecule has 3 rings (SSSR count). The van der Waals surface area contributed by atoms with Crippen molar-refractivity contribution in [1.82, 2.24) is 14.3 Å². The molecule has 1 aliphatic heterocycles. The molecular weight excluding hydrogens is 376 g/mol. The van der Waals surface area contributed by atoms with Gasteiger partial charge >= 0.3 is 0 Å². The number of nitrogens with zero attached hydrogens (tertiary/aromatic N) is 4. The molecule has 150 valence electrons. The SMILES string of the molecule is CC(=O)c1cccc(S(=O)(=O)N2CCN(c3cc(C)nc(C(C)C)n3)CC2)c1. The summed E-state index contributed by atoms with van der Waals surface area (Å²) >= 11 is 0. The monoisotopic (exact) mass is 402 g/mol. The van der Waals surface area contributed by atoms with Crippen molar-refractivity contribution in [3.8, 4) is 0 Å². The van der Waals surface area contributed by atoms with Crippen LogP contribution in [0.4, 0.5) is 5.82 Å². The summed E-state index contributed by atoms with van der Waals surface area (Å²) in [7, 11) is -3.63. The van der Waals surface area contributed by atoms with Crippen molar-refractivity contribution in [2.75, 3.05) is 31.1 Å². The Balaban J connectivity index is 1.76. The first-order valence-electron chi connectivity index (χ1n) is 9.40. The van der Waals surface area contributed by atoms with E-state index in [-0.39, 0.29) is 16.6 Å². The highest BCUT2D eigenvalue weighted by Crippen LogP contribution is 2.22. The first-order chi connectivity index (χ1) is 13.2. The molecule has 1 aromatic heterocycles. The van der Waals surface area contributed by atoms with Crippen molar-refractivity contribution in [3.05, 3.63) is 47.4 Å². The number of sulfonamides is 1. The normalized spacial score (nSPS) is 15.8. The van der Waals surface area contributed by atoms with Crippen LogP contribution in [0.3, 0.4) is 0 Å². The summed E-state index contributed by atoms with van der Waals surface area (Å²) in [6, 6.07) is 8.16. The zero-order chi connectivity index (χ0) is 20.5. The Morgan fingerprint density at radius 3 is 2.36 bits per heavy atom. The maximum absolute atomic E-state index is 13.0. The van der Waals surface area contributed by atoms with E-state index in [2.05, 4.69) is 28.7 Å². The first-order valence-corrected chi connectivity index (χ1v) is 10.8. The summed E-state index contributed by atoms with van der Waals surface area (Å²) in [5.41, 5.74) is 1.31. The minimum Gasteiger partial charge on any atom is -0.354 e. The van der Waals surface area contributed by atoms with Gasteiger partial charge in [0.25, 0.3) is 0 Å². The zero-order valence-corrected chi connectivity index (χ0v) is 17.5. The van der Waals surface area contributed by atoms with Gasteiger partial charge in [-0.2, -0.15) is 4.31 Å². The molecule has 28 heavy (non-hydrogen) atoms. The van der Waals surface area contributed by atoms with E-state index in [4.69, 9.17) is 0 Å². The van der Waals surface area contributed by atoms with Crippen LogP contribution in [0.2, 0.25) is 0 Å². The van der Waals surface area contributed by atoms with Gasteiger partial charge in [0.05, 0.1) is 4.90 Å². The number of rotatable bonds is 5. The van der Waals surface area contributed by atoms with E-state index in [1.54, 1.807) is 12.1 Å². The Morgan fingerprint density at radius 1 is 1.07 bits per heavy atom. The largest absolute Gasteiger partial charge is 0.354 e. The number of carbonyl (C=O) groups is 1. The predicted molar refractivity (Wildman–Crippen MR) is 108 cm³/mol. The molecular formula is C20H26N4O3S. The number of ketones is 1. The Bertz CT molecular complexity index is 981. The zero-order valence-electron chi connectivity index (χ0n) is 16.7. The number of anilines is 1. The van der Waals surface area contributed by atoms with Crippen molar-refractivity contribution in [2.45, 2.75) is 38.5 Å². The first kappa shape index (κ1) is 20.4. The molecule has 1 saturated heterocycles. The van der Waals surface area contributed by atoms with Gasteiger partial charge in [0, 0.05) is 49.4 Å². The second-order valence-electron chi connectivity index (χ2n) is 7.36. The van der Waals surface area contributed by atoms with Crippen LogP contribution < -0.4 is 4.90 Å². The van der Waals surface area contributed by atoms with Crippen molar-refractivity contribution < 1.29 is 13.2 Å². The number of piperazine rings is 1. The third kappa shape index (κ3) is 4.23. The van der Waals surface area contributed by atoms with Gasteiger partial charge < -0.3 is 4.90 Å². The molecule has 0 N–H and O–H groups in total. The van der Waals surface area contributed by atoms with E-state index >= 15 is 0 Å². The third-order valence-corrected chi connectivity index (χ3v) is 6.71. The quantitative estimate of drug-likeness (QED) is 0.715. The van der Waals surface area contributed by atoms with Crippen LogP contribution in [-0.2, 0) is 10.0 Å². The summed E-state index contributed by atoms with van der Waals surface area (Å²) in [6.45, 7) is 9.33. The van der Waals surface area contributed by atoms with Gasteiger partial charge in [-0.05, 0) is 26.0 Å². The van der Waals surface area contributed by atoms with Gasteiger partial charge in [0.2, 0.25) is 10.0 Å².